The summed E-state index contributed by atoms with van der Waals surface area (Å²) in [7, 11) is 1.76. The summed E-state index contributed by atoms with van der Waals surface area (Å²) in [5.41, 5.74) is 0.352. The number of likely N-dealkylation sites (N-methyl/N-ethyl adjacent to an activating group) is 1. The van der Waals surface area contributed by atoms with Crippen molar-refractivity contribution in [3.05, 3.63) is 24.3 Å². The fraction of sp³-hybridized carbons (Fsp3) is 0.600. The molecule has 1 fully saturated rings. The lowest BCUT2D eigenvalue weighted by Crippen LogP contribution is -3.15. The van der Waals surface area contributed by atoms with Gasteiger partial charge in [0.15, 0.2) is 12.6 Å². The summed E-state index contributed by atoms with van der Waals surface area (Å²) in [5.74, 6) is -0.325. The molecule has 0 heterocycles. The van der Waals surface area contributed by atoms with Crippen LogP contribution in [0.5, 0.6) is 5.75 Å². The van der Waals surface area contributed by atoms with Gasteiger partial charge in [-0.2, -0.15) is 0 Å². The first-order valence-electron chi connectivity index (χ1n) is 9.83. The molecule has 2 amide bonds. The number of alkyl halides is 3. The highest BCUT2D eigenvalue weighted by Gasteiger charge is 2.31. The third-order valence-corrected chi connectivity index (χ3v) is 5.38. The van der Waals surface area contributed by atoms with E-state index in [4.69, 9.17) is 0 Å². The van der Waals surface area contributed by atoms with E-state index in [1.807, 2.05) is 0 Å². The van der Waals surface area contributed by atoms with Crippen molar-refractivity contribution in [2.75, 3.05) is 18.9 Å². The molecule has 1 aliphatic carbocycles. The molecular formula is C20H29F3N3O3+. The molecule has 162 valence electrons. The SMILES string of the molecule is C[C@@H]1CCCC[C@H]1NC(=O)[C@@H](C)[NH+](C)CC(=O)Nc1ccc(OC(F)(F)F)cc1. The summed E-state index contributed by atoms with van der Waals surface area (Å²) >= 11 is 0. The highest BCUT2D eigenvalue weighted by atomic mass is 19.4. The van der Waals surface area contributed by atoms with E-state index in [2.05, 4.69) is 22.3 Å². The van der Waals surface area contributed by atoms with Crippen LogP contribution in [0.2, 0.25) is 0 Å². The lowest BCUT2D eigenvalue weighted by Gasteiger charge is -2.31. The minimum absolute atomic E-state index is 0.0512. The third kappa shape index (κ3) is 7.56. The van der Waals surface area contributed by atoms with Crippen LogP contribution in [0.15, 0.2) is 24.3 Å². The van der Waals surface area contributed by atoms with Crippen LogP contribution in [0.4, 0.5) is 18.9 Å². The van der Waals surface area contributed by atoms with E-state index in [1.54, 1.807) is 14.0 Å². The molecule has 0 radical (unpaired) electrons. The van der Waals surface area contributed by atoms with Crippen molar-refractivity contribution in [1.29, 1.82) is 0 Å². The Balaban J connectivity index is 1.82. The number of halogens is 3. The minimum atomic E-state index is -4.76. The number of amides is 2. The van der Waals surface area contributed by atoms with Gasteiger partial charge in [0.1, 0.15) is 5.75 Å². The van der Waals surface area contributed by atoms with E-state index in [0.29, 0.717) is 11.6 Å². The summed E-state index contributed by atoms with van der Waals surface area (Å²) in [5, 5.41) is 5.72. The Morgan fingerprint density at radius 2 is 1.83 bits per heavy atom. The minimum Gasteiger partial charge on any atom is -0.406 e. The van der Waals surface area contributed by atoms with E-state index in [1.165, 1.54) is 18.6 Å². The summed E-state index contributed by atoms with van der Waals surface area (Å²) in [6, 6.07) is 4.68. The molecule has 29 heavy (non-hydrogen) atoms. The first-order chi connectivity index (χ1) is 13.5. The smallest absolute Gasteiger partial charge is 0.406 e. The number of benzene rings is 1. The molecule has 4 atom stereocenters. The Bertz CT molecular complexity index is 694. The standard InChI is InChI=1S/C20H28F3N3O3/c1-13-6-4-5-7-17(13)25-19(28)14(2)26(3)12-18(27)24-15-8-10-16(11-9-15)29-20(21,22)23/h8-11,13-14,17H,4-7,12H2,1-3H3,(H,24,27)(H,25,28)/p+1/t13-,14-,17-/m1/s1. The van der Waals surface area contributed by atoms with E-state index in [-0.39, 0.29) is 30.2 Å². The van der Waals surface area contributed by atoms with Gasteiger partial charge in [-0.15, -0.1) is 13.2 Å². The van der Waals surface area contributed by atoms with Gasteiger partial charge < -0.3 is 20.3 Å². The average molecular weight is 416 g/mol. The number of hydrogen-bond acceptors (Lipinski definition) is 3. The topological polar surface area (TPSA) is 71.9 Å². The van der Waals surface area contributed by atoms with Gasteiger partial charge in [-0.25, -0.2) is 0 Å². The van der Waals surface area contributed by atoms with E-state index < -0.39 is 12.4 Å². The van der Waals surface area contributed by atoms with Crippen LogP contribution < -0.4 is 20.3 Å². The van der Waals surface area contributed by atoms with E-state index in [9.17, 15) is 22.8 Å². The largest absolute Gasteiger partial charge is 0.573 e. The van der Waals surface area contributed by atoms with Crippen LogP contribution >= 0.6 is 0 Å². The van der Waals surface area contributed by atoms with Crippen LogP contribution in [0, 0.1) is 5.92 Å². The zero-order valence-electron chi connectivity index (χ0n) is 16.9. The number of carbonyl (C=O) groups is 2. The van der Waals surface area contributed by atoms with Crippen LogP contribution in [0.3, 0.4) is 0 Å². The van der Waals surface area contributed by atoms with Gasteiger partial charge in [-0.3, -0.25) is 9.59 Å². The zero-order chi connectivity index (χ0) is 21.6. The molecule has 3 N–H and O–H groups in total. The summed E-state index contributed by atoms with van der Waals surface area (Å²) in [6.45, 7) is 3.97. The second kappa shape index (κ2) is 9.96. The number of hydrogen-bond donors (Lipinski definition) is 3. The quantitative estimate of drug-likeness (QED) is 0.638. The number of ether oxygens (including phenoxy) is 1. The lowest BCUT2D eigenvalue weighted by atomic mass is 9.86. The van der Waals surface area contributed by atoms with Gasteiger partial charge in [-0.05, 0) is 49.9 Å². The molecule has 1 saturated carbocycles. The summed E-state index contributed by atoms with van der Waals surface area (Å²) in [6.07, 6.45) is -0.368. The van der Waals surface area contributed by atoms with Crippen molar-refractivity contribution in [1.82, 2.24) is 5.32 Å². The Kier molecular flexibility index (Phi) is 7.89. The predicted octanol–water partition coefficient (Wildman–Crippen LogP) is 2.12. The number of quaternary nitrogens is 1. The Morgan fingerprint density at radius 1 is 1.21 bits per heavy atom. The molecule has 1 unspecified atom stereocenters. The maximum atomic E-state index is 12.5. The molecule has 1 aromatic carbocycles. The maximum absolute atomic E-state index is 12.5. The molecule has 0 aliphatic heterocycles. The van der Waals surface area contributed by atoms with Crippen LogP contribution in [0.1, 0.15) is 39.5 Å². The monoisotopic (exact) mass is 416 g/mol. The Morgan fingerprint density at radius 3 is 2.41 bits per heavy atom. The van der Waals surface area contributed by atoms with Crippen LogP contribution in [-0.2, 0) is 9.59 Å². The number of carbonyl (C=O) groups excluding carboxylic acids is 2. The summed E-state index contributed by atoms with van der Waals surface area (Å²) < 4.78 is 40.3. The molecule has 1 aromatic rings. The van der Waals surface area contributed by atoms with Crippen molar-refractivity contribution in [3.63, 3.8) is 0 Å². The van der Waals surface area contributed by atoms with E-state index in [0.717, 1.165) is 36.3 Å². The van der Waals surface area contributed by atoms with Crippen molar-refractivity contribution in [2.45, 2.75) is 58.0 Å². The van der Waals surface area contributed by atoms with Gasteiger partial charge in [0.25, 0.3) is 11.8 Å². The Hall–Kier alpha value is -2.29. The van der Waals surface area contributed by atoms with Gasteiger partial charge in [-0.1, -0.05) is 19.8 Å². The maximum Gasteiger partial charge on any atom is 0.573 e. The molecule has 0 aromatic heterocycles. The number of anilines is 1. The van der Waals surface area contributed by atoms with Crippen molar-refractivity contribution < 1.29 is 32.4 Å². The molecule has 0 bridgehead atoms. The van der Waals surface area contributed by atoms with Gasteiger partial charge in [0.2, 0.25) is 0 Å². The molecule has 6 nitrogen and oxygen atoms in total. The molecular weight excluding hydrogens is 387 g/mol. The highest BCUT2D eigenvalue weighted by molar-refractivity contribution is 5.91. The van der Waals surface area contributed by atoms with Gasteiger partial charge in [0.05, 0.1) is 7.05 Å². The first-order valence-corrected chi connectivity index (χ1v) is 9.83. The predicted molar refractivity (Wildman–Crippen MR) is 103 cm³/mol. The Labute approximate surface area is 168 Å². The zero-order valence-corrected chi connectivity index (χ0v) is 16.9. The first kappa shape index (κ1) is 23.0. The number of rotatable bonds is 7. The molecule has 0 saturated heterocycles. The second-order valence-corrected chi connectivity index (χ2v) is 7.74. The van der Waals surface area contributed by atoms with Crippen LogP contribution in [-0.4, -0.2) is 43.9 Å². The van der Waals surface area contributed by atoms with Crippen molar-refractivity contribution in [3.8, 4) is 5.75 Å². The lowest BCUT2D eigenvalue weighted by molar-refractivity contribution is -0.885. The second-order valence-electron chi connectivity index (χ2n) is 7.74. The van der Waals surface area contributed by atoms with E-state index >= 15 is 0 Å². The molecule has 9 heteroatoms. The molecule has 1 aliphatic rings. The normalized spacial score (nSPS) is 21.7. The number of nitrogens with one attached hydrogen (secondary N) is 3. The average Bonchev–Trinajstić information content (AvgIpc) is 2.63. The molecule has 2 rings (SSSR count). The van der Waals surface area contributed by atoms with Gasteiger partial charge in [0, 0.05) is 11.7 Å². The van der Waals surface area contributed by atoms with Crippen molar-refractivity contribution in [2.24, 2.45) is 5.92 Å². The third-order valence-electron chi connectivity index (χ3n) is 5.38. The fourth-order valence-corrected chi connectivity index (χ4v) is 3.41. The van der Waals surface area contributed by atoms with Gasteiger partial charge >= 0.3 is 6.36 Å². The van der Waals surface area contributed by atoms with Crippen LogP contribution in [0.25, 0.3) is 0 Å². The summed E-state index contributed by atoms with van der Waals surface area (Å²) in [4.78, 5) is 25.5. The fourth-order valence-electron chi connectivity index (χ4n) is 3.41. The van der Waals surface area contributed by atoms with Crippen molar-refractivity contribution >= 4 is 17.5 Å². The highest BCUT2D eigenvalue weighted by Crippen LogP contribution is 2.24. The molecule has 0 spiro atoms.